The Kier molecular flexibility index (Phi) is 5.15. The van der Waals surface area contributed by atoms with Gasteiger partial charge in [-0.1, -0.05) is 35.4 Å². The van der Waals surface area contributed by atoms with Crippen LogP contribution in [0.3, 0.4) is 0 Å². The first-order chi connectivity index (χ1) is 13.2. The van der Waals surface area contributed by atoms with Crippen molar-refractivity contribution in [2.24, 2.45) is 5.11 Å². The van der Waals surface area contributed by atoms with Crippen LogP contribution in [-0.4, -0.2) is 40.7 Å². The summed E-state index contributed by atoms with van der Waals surface area (Å²) in [4.78, 5) is 14.2. The van der Waals surface area contributed by atoms with E-state index >= 15 is 0 Å². The molecule has 146 valence electrons. The Morgan fingerprint density at radius 2 is 2.00 bits per heavy atom. The minimum Gasteiger partial charge on any atom is -0.465 e. The third-order valence-corrected chi connectivity index (χ3v) is 4.64. The molecule has 2 aromatic rings. The lowest BCUT2D eigenvalue weighted by atomic mass is 9.95. The standard InChI is InChI=1S/C18H14F4N4O2/c19-12-5-1-3-10(7-12)13-6-2-4-11(15(13)20)8-14-16(24-25-23)18(21,22)9-26(14)17(27)28/h1-7,14,16H,8-9H2,(H,27,28)/t14-,16+/m0/s1. The summed E-state index contributed by atoms with van der Waals surface area (Å²) in [5.74, 6) is -4.93. The van der Waals surface area contributed by atoms with E-state index in [0.29, 0.717) is 4.90 Å². The van der Waals surface area contributed by atoms with Crippen LogP contribution in [0.15, 0.2) is 47.6 Å². The average molecular weight is 394 g/mol. The molecule has 0 saturated carbocycles. The zero-order chi connectivity index (χ0) is 20.5. The van der Waals surface area contributed by atoms with Gasteiger partial charge in [-0.05, 0) is 35.2 Å². The van der Waals surface area contributed by atoms with Crippen LogP contribution in [0, 0.1) is 11.6 Å². The van der Waals surface area contributed by atoms with Crippen LogP contribution >= 0.6 is 0 Å². The normalized spacial score (nSPS) is 20.6. The van der Waals surface area contributed by atoms with Gasteiger partial charge in [0.05, 0.1) is 12.6 Å². The van der Waals surface area contributed by atoms with Crippen molar-refractivity contribution in [1.29, 1.82) is 0 Å². The summed E-state index contributed by atoms with van der Waals surface area (Å²) in [5, 5.41) is 12.3. The Hall–Kier alpha value is -3.26. The van der Waals surface area contributed by atoms with Gasteiger partial charge in [0.25, 0.3) is 5.92 Å². The number of carbonyl (C=O) groups is 1. The second-order valence-corrected chi connectivity index (χ2v) is 6.38. The molecule has 0 spiro atoms. The molecule has 1 heterocycles. The van der Waals surface area contributed by atoms with Crippen molar-refractivity contribution < 1.29 is 27.5 Å². The number of halogens is 4. The first-order valence-corrected chi connectivity index (χ1v) is 8.19. The average Bonchev–Trinajstić information content (AvgIpc) is 2.88. The van der Waals surface area contributed by atoms with Gasteiger partial charge in [-0.25, -0.2) is 22.4 Å². The number of amides is 1. The van der Waals surface area contributed by atoms with Crippen LogP contribution in [0.25, 0.3) is 21.6 Å². The number of carboxylic acid groups (broad SMARTS) is 1. The Morgan fingerprint density at radius 1 is 1.29 bits per heavy atom. The highest BCUT2D eigenvalue weighted by Crippen LogP contribution is 2.37. The number of azide groups is 1. The summed E-state index contributed by atoms with van der Waals surface area (Å²) in [6, 6.07) is 5.97. The smallest absolute Gasteiger partial charge is 0.407 e. The lowest BCUT2D eigenvalue weighted by molar-refractivity contribution is -0.00101. The van der Waals surface area contributed by atoms with Crippen molar-refractivity contribution in [1.82, 2.24) is 4.90 Å². The van der Waals surface area contributed by atoms with E-state index in [0.717, 1.165) is 6.07 Å². The maximum absolute atomic E-state index is 15.0. The van der Waals surface area contributed by atoms with Crippen molar-refractivity contribution in [2.45, 2.75) is 24.4 Å². The predicted molar refractivity (Wildman–Crippen MR) is 91.9 cm³/mol. The Morgan fingerprint density at radius 3 is 2.64 bits per heavy atom. The largest absolute Gasteiger partial charge is 0.465 e. The molecule has 3 rings (SSSR count). The summed E-state index contributed by atoms with van der Waals surface area (Å²) in [6.45, 7) is -1.15. The van der Waals surface area contributed by atoms with Crippen LogP contribution in [0.4, 0.5) is 22.4 Å². The molecule has 0 bridgehead atoms. The minimum absolute atomic E-state index is 0.0453. The molecule has 1 aliphatic rings. The molecule has 0 aromatic heterocycles. The highest BCUT2D eigenvalue weighted by atomic mass is 19.3. The van der Waals surface area contributed by atoms with Crippen LogP contribution in [0.5, 0.6) is 0 Å². The molecule has 0 aliphatic carbocycles. The summed E-state index contributed by atoms with van der Waals surface area (Å²) >= 11 is 0. The Labute approximate surface area is 156 Å². The molecule has 0 unspecified atom stereocenters. The Bertz CT molecular complexity index is 962. The van der Waals surface area contributed by atoms with Gasteiger partial charge in [0.1, 0.15) is 17.7 Å². The van der Waals surface area contributed by atoms with Gasteiger partial charge in [0.15, 0.2) is 0 Å². The number of nitrogens with zero attached hydrogens (tertiary/aromatic N) is 4. The number of hydrogen-bond donors (Lipinski definition) is 1. The van der Waals surface area contributed by atoms with E-state index in [4.69, 9.17) is 5.53 Å². The molecule has 10 heteroatoms. The molecular formula is C18H14F4N4O2. The predicted octanol–water partition coefficient (Wildman–Crippen LogP) is 4.85. The van der Waals surface area contributed by atoms with E-state index in [2.05, 4.69) is 10.0 Å². The molecule has 1 amide bonds. The van der Waals surface area contributed by atoms with E-state index in [1.165, 1.54) is 36.4 Å². The van der Waals surface area contributed by atoms with Crippen LogP contribution in [-0.2, 0) is 6.42 Å². The van der Waals surface area contributed by atoms with Crippen molar-refractivity contribution >= 4 is 6.09 Å². The van der Waals surface area contributed by atoms with Gasteiger partial charge >= 0.3 is 6.09 Å². The molecule has 2 aromatic carbocycles. The molecule has 1 N–H and O–H groups in total. The SMILES string of the molecule is [N-]=[N+]=N[C@@H]1[C@H](Cc2cccc(-c3cccc(F)c3)c2F)N(C(=O)O)CC1(F)F. The van der Waals surface area contributed by atoms with Gasteiger partial charge in [-0.3, -0.25) is 4.90 Å². The van der Waals surface area contributed by atoms with E-state index < -0.39 is 48.7 Å². The van der Waals surface area contributed by atoms with Gasteiger partial charge < -0.3 is 5.11 Å². The van der Waals surface area contributed by atoms with Crippen molar-refractivity contribution in [3.63, 3.8) is 0 Å². The number of benzene rings is 2. The quantitative estimate of drug-likeness (QED) is 0.348. The monoisotopic (exact) mass is 394 g/mol. The van der Waals surface area contributed by atoms with E-state index in [1.54, 1.807) is 0 Å². The molecule has 6 nitrogen and oxygen atoms in total. The van der Waals surface area contributed by atoms with E-state index in [1.807, 2.05) is 0 Å². The fraction of sp³-hybridized carbons (Fsp3) is 0.278. The van der Waals surface area contributed by atoms with Crippen LogP contribution in [0.1, 0.15) is 5.56 Å². The van der Waals surface area contributed by atoms with Crippen LogP contribution in [0.2, 0.25) is 0 Å². The second-order valence-electron chi connectivity index (χ2n) is 6.38. The van der Waals surface area contributed by atoms with Crippen molar-refractivity contribution in [2.75, 3.05) is 6.54 Å². The minimum atomic E-state index is -3.58. The van der Waals surface area contributed by atoms with Gasteiger partial charge in [-0.2, -0.15) is 0 Å². The summed E-state index contributed by atoms with van der Waals surface area (Å²) in [7, 11) is 0. The fourth-order valence-electron chi connectivity index (χ4n) is 3.38. The topological polar surface area (TPSA) is 89.3 Å². The molecule has 1 fully saturated rings. The van der Waals surface area contributed by atoms with Gasteiger partial charge in [0, 0.05) is 10.5 Å². The molecule has 0 radical (unpaired) electrons. The number of likely N-dealkylation sites (tertiary alicyclic amines) is 1. The molecule has 1 saturated heterocycles. The first kappa shape index (κ1) is 19.5. The third kappa shape index (κ3) is 3.59. The highest BCUT2D eigenvalue weighted by Gasteiger charge is 2.55. The van der Waals surface area contributed by atoms with Gasteiger partial charge in [-0.15, -0.1) is 0 Å². The number of hydrogen-bond acceptors (Lipinski definition) is 2. The van der Waals surface area contributed by atoms with Crippen LogP contribution < -0.4 is 0 Å². The first-order valence-electron chi connectivity index (χ1n) is 8.19. The Balaban J connectivity index is 2.01. The van der Waals surface area contributed by atoms with Crippen molar-refractivity contribution in [3.05, 3.63) is 70.1 Å². The lowest BCUT2D eigenvalue weighted by Gasteiger charge is -2.24. The fourth-order valence-corrected chi connectivity index (χ4v) is 3.38. The van der Waals surface area contributed by atoms with E-state index in [9.17, 15) is 27.5 Å². The summed E-state index contributed by atoms with van der Waals surface area (Å²) in [5.41, 5.74) is 8.84. The second kappa shape index (κ2) is 7.40. The number of rotatable bonds is 4. The molecule has 1 aliphatic heterocycles. The maximum Gasteiger partial charge on any atom is 0.407 e. The molecule has 2 atom stereocenters. The summed E-state index contributed by atoms with van der Waals surface area (Å²) < 4.78 is 56.7. The van der Waals surface area contributed by atoms with Crippen molar-refractivity contribution in [3.8, 4) is 11.1 Å². The molecular weight excluding hydrogens is 380 g/mol. The highest BCUT2D eigenvalue weighted by molar-refractivity contribution is 5.67. The third-order valence-electron chi connectivity index (χ3n) is 4.64. The molecule has 28 heavy (non-hydrogen) atoms. The lowest BCUT2D eigenvalue weighted by Crippen LogP contribution is -2.40. The zero-order valence-corrected chi connectivity index (χ0v) is 14.3. The zero-order valence-electron chi connectivity index (χ0n) is 14.3. The van der Waals surface area contributed by atoms with Gasteiger partial charge in [0.2, 0.25) is 0 Å². The summed E-state index contributed by atoms with van der Waals surface area (Å²) in [6.07, 6.45) is -2.05. The maximum atomic E-state index is 15.0. The van der Waals surface area contributed by atoms with E-state index in [-0.39, 0.29) is 16.7 Å². The number of alkyl halides is 2.